The minimum atomic E-state index is 0.602. The summed E-state index contributed by atoms with van der Waals surface area (Å²) in [5.74, 6) is 1.72. The van der Waals surface area contributed by atoms with Crippen molar-refractivity contribution in [3.63, 3.8) is 0 Å². The van der Waals surface area contributed by atoms with Crippen LogP contribution in [0.3, 0.4) is 0 Å². The van der Waals surface area contributed by atoms with Gasteiger partial charge in [0, 0.05) is 24.1 Å². The first kappa shape index (κ1) is 9.46. The van der Waals surface area contributed by atoms with Crippen molar-refractivity contribution in [3.8, 4) is 5.69 Å². The average molecular weight is 213 g/mol. The molecule has 0 aliphatic heterocycles. The van der Waals surface area contributed by atoms with Crippen molar-refractivity contribution in [2.75, 3.05) is 5.32 Å². The SMILES string of the molecule is CC1CC1Nc1nccn1-c1ccccc1. The summed E-state index contributed by atoms with van der Waals surface area (Å²) in [6, 6.07) is 10.9. The minimum absolute atomic E-state index is 0.602. The van der Waals surface area contributed by atoms with E-state index in [-0.39, 0.29) is 0 Å². The lowest BCUT2D eigenvalue weighted by Gasteiger charge is -2.08. The molecular weight excluding hydrogens is 198 g/mol. The minimum Gasteiger partial charge on any atom is -0.352 e. The molecule has 1 fully saturated rings. The summed E-state index contributed by atoms with van der Waals surface area (Å²) >= 11 is 0. The van der Waals surface area contributed by atoms with Crippen LogP contribution in [0.5, 0.6) is 0 Å². The summed E-state index contributed by atoms with van der Waals surface area (Å²) in [7, 11) is 0. The molecule has 2 aromatic rings. The van der Waals surface area contributed by atoms with E-state index in [1.165, 1.54) is 6.42 Å². The number of benzene rings is 1. The molecule has 1 aromatic carbocycles. The highest BCUT2D eigenvalue weighted by Crippen LogP contribution is 2.32. The Balaban J connectivity index is 1.87. The first-order chi connectivity index (χ1) is 7.84. The Bertz CT molecular complexity index is 475. The van der Waals surface area contributed by atoms with Gasteiger partial charge < -0.3 is 5.32 Å². The maximum absolute atomic E-state index is 4.36. The molecule has 3 nitrogen and oxygen atoms in total. The third kappa shape index (κ3) is 1.69. The fourth-order valence-corrected chi connectivity index (χ4v) is 1.90. The standard InChI is InChI=1S/C13H15N3/c1-10-9-12(10)15-13-14-7-8-16(13)11-5-3-2-4-6-11/h2-8,10,12H,9H2,1H3,(H,14,15). The van der Waals surface area contributed by atoms with E-state index in [1.54, 1.807) is 0 Å². The van der Waals surface area contributed by atoms with Gasteiger partial charge in [0.1, 0.15) is 0 Å². The molecule has 16 heavy (non-hydrogen) atoms. The number of para-hydroxylation sites is 1. The van der Waals surface area contributed by atoms with Crippen LogP contribution in [0.2, 0.25) is 0 Å². The second-order valence-corrected chi connectivity index (χ2v) is 4.42. The Hall–Kier alpha value is -1.77. The molecule has 3 rings (SSSR count). The molecule has 0 amide bonds. The zero-order chi connectivity index (χ0) is 11.0. The van der Waals surface area contributed by atoms with Crippen LogP contribution in [-0.4, -0.2) is 15.6 Å². The van der Waals surface area contributed by atoms with Crippen LogP contribution < -0.4 is 5.32 Å². The summed E-state index contributed by atoms with van der Waals surface area (Å²) < 4.78 is 2.09. The predicted molar refractivity (Wildman–Crippen MR) is 64.8 cm³/mol. The van der Waals surface area contributed by atoms with Crippen LogP contribution in [0.1, 0.15) is 13.3 Å². The van der Waals surface area contributed by atoms with Crippen molar-refractivity contribution >= 4 is 5.95 Å². The van der Waals surface area contributed by atoms with Crippen molar-refractivity contribution in [1.29, 1.82) is 0 Å². The number of nitrogens with zero attached hydrogens (tertiary/aromatic N) is 2. The smallest absolute Gasteiger partial charge is 0.207 e. The Kier molecular flexibility index (Phi) is 2.17. The van der Waals surface area contributed by atoms with E-state index in [2.05, 4.69) is 33.9 Å². The van der Waals surface area contributed by atoms with Crippen LogP contribution in [-0.2, 0) is 0 Å². The van der Waals surface area contributed by atoms with Crippen molar-refractivity contribution in [1.82, 2.24) is 9.55 Å². The lowest BCUT2D eigenvalue weighted by atomic mass is 10.3. The molecule has 1 saturated carbocycles. The number of hydrogen-bond acceptors (Lipinski definition) is 2. The van der Waals surface area contributed by atoms with Crippen LogP contribution in [0, 0.1) is 5.92 Å². The van der Waals surface area contributed by atoms with E-state index in [4.69, 9.17) is 0 Å². The van der Waals surface area contributed by atoms with E-state index in [0.717, 1.165) is 17.6 Å². The third-order valence-corrected chi connectivity index (χ3v) is 3.10. The molecule has 1 heterocycles. The van der Waals surface area contributed by atoms with Gasteiger partial charge in [-0.3, -0.25) is 4.57 Å². The third-order valence-electron chi connectivity index (χ3n) is 3.10. The molecule has 2 unspecified atom stereocenters. The Labute approximate surface area is 95.1 Å². The lowest BCUT2D eigenvalue weighted by molar-refractivity contribution is 0.906. The molecule has 0 saturated heterocycles. The van der Waals surface area contributed by atoms with Gasteiger partial charge in [-0.05, 0) is 24.5 Å². The fraction of sp³-hybridized carbons (Fsp3) is 0.308. The fourth-order valence-electron chi connectivity index (χ4n) is 1.90. The number of hydrogen-bond donors (Lipinski definition) is 1. The van der Waals surface area contributed by atoms with E-state index < -0.39 is 0 Å². The van der Waals surface area contributed by atoms with Crippen LogP contribution in [0.15, 0.2) is 42.7 Å². The lowest BCUT2D eigenvalue weighted by Crippen LogP contribution is -2.09. The van der Waals surface area contributed by atoms with Crippen LogP contribution in [0.25, 0.3) is 5.69 Å². The zero-order valence-corrected chi connectivity index (χ0v) is 9.30. The number of imidazole rings is 1. The van der Waals surface area contributed by atoms with Crippen molar-refractivity contribution < 1.29 is 0 Å². The molecule has 1 aliphatic carbocycles. The van der Waals surface area contributed by atoms with Gasteiger partial charge in [0.2, 0.25) is 5.95 Å². The Morgan fingerprint density at radius 1 is 1.31 bits per heavy atom. The quantitative estimate of drug-likeness (QED) is 0.849. The maximum Gasteiger partial charge on any atom is 0.207 e. The van der Waals surface area contributed by atoms with Gasteiger partial charge in [0.15, 0.2) is 0 Å². The van der Waals surface area contributed by atoms with Gasteiger partial charge in [0.25, 0.3) is 0 Å². The molecule has 3 heteroatoms. The monoisotopic (exact) mass is 213 g/mol. The Morgan fingerprint density at radius 2 is 2.06 bits per heavy atom. The predicted octanol–water partition coefficient (Wildman–Crippen LogP) is 2.69. The molecule has 1 aromatic heterocycles. The molecule has 0 bridgehead atoms. The zero-order valence-electron chi connectivity index (χ0n) is 9.30. The largest absolute Gasteiger partial charge is 0.352 e. The van der Waals surface area contributed by atoms with Gasteiger partial charge in [-0.1, -0.05) is 25.1 Å². The molecule has 1 aliphatic rings. The highest BCUT2D eigenvalue weighted by atomic mass is 15.2. The molecule has 0 spiro atoms. The first-order valence-corrected chi connectivity index (χ1v) is 5.70. The molecule has 82 valence electrons. The van der Waals surface area contributed by atoms with Gasteiger partial charge >= 0.3 is 0 Å². The first-order valence-electron chi connectivity index (χ1n) is 5.70. The van der Waals surface area contributed by atoms with Gasteiger partial charge in [-0.25, -0.2) is 4.98 Å². The van der Waals surface area contributed by atoms with E-state index in [9.17, 15) is 0 Å². The van der Waals surface area contributed by atoms with Crippen molar-refractivity contribution in [2.45, 2.75) is 19.4 Å². The van der Waals surface area contributed by atoms with Crippen molar-refractivity contribution in [2.24, 2.45) is 5.92 Å². The second-order valence-electron chi connectivity index (χ2n) is 4.42. The summed E-state index contributed by atoms with van der Waals surface area (Å²) in [6.07, 6.45) is 5.08. The average Bonchev–Trinajstić information content (AvgIpc) is 2.82. The van der Waals surface area contributed by atoms with Crippen molar-refractivity contribution in [3.05, 3.63) is 42.7 Å². The summed E-state index contributed by atoms with van der Waals surface area (Å²) in [4.78, 5) is 4.36. The van der Waals surface area contributed by atoms with E-state index in [0.29, 0.717) is 6.04 Å². The summed E-state index contributed by atoms with van der Waals surface area (Å²) in [5.41, 5.74) is 1.15. The second kappa shape index (κ2) is 3.67. The summed E-state index contributed by atoms with van der Waals surface area (Å²) in [5, 5.41) is 3.46. The topological polar surface area (TPSA) is 29.9 Å². The number of rotatable bonds is 3. The van der Waals surface area contributed by atoms with Gasteiger partial charge in [0.05, 0.1) is 0 Å². The summed E-state index contributed by atoms with van der Waals surface area (Å²) in [6.45, 7) is 2.26. The highest BCUT2D eigenvalue weighted by molar-refractivity contribution is 5.42. The van der Waals surface area contributed by atoms with E-state index in [1.807, 2.05) is 30.6 Å². The number of anilines is 1. The Morgan fingerprint density at radius 3 is 2.75 bits per heavy atom. The van der Waals surface area contributed by atoms with Gasteiger partial charge in [-0.15, -0.1) is 0 Å². The maximum atomic E-state index is 4.36. The molecular formula is C13H15N3. The van der Waals surface area contributed by atoms with Crippen LogP contribution in [0.4, 0.5) is 5.95 Å². The molecule has 2 atom stereocenters. The van der Waals surface area contributed by atoms with Gasteiger partial charge in [-0.2, -0.15) is 0 Å². The number of aromatic nitrogens is 2. The highest BCUT2D eigenvalue weighted by Gasteiger charge is 2.33. The number of nitrogens with one attached hydrogen (secondary N) is 1. The van der Waals surface area contributed by atoms with Crippen LogP contribution >= 0.6 is 0 Å². The molecule has 0 radical (unpaired) electrons. The van der Waals surface area contributed by atoms with E-state index >= 15 is 0 Å². The molecule has 1 N–H and O–H groups in total. The normalized spacial score (nSPS) is 23.1.